The Bertz CT molecular complexity index is 612. The van der Waals surface area contributed by atoms with Gasteiger partial charge in [0.1, 0.15) is 12.4 Å². The van der Waals surface area contributed by atoms with Crippen LogP contribution in [0.2, 0.25) is 0 Å². The van der Waals surface area contributed by atoms with Gasteiger partial charge in [0.05, 0.1) is 0 Å². The summed E-state index contributed by atoms with van der Waals surface area (Å²) < 4.78 is 6.12. The second-order valence-electron chi connectivity index (χ2n) is 6.13. The van der Waals surface area contributed by atoms with Crippen LogP contribution in [0.5, 0.6) is 5.75 Å². The molecule has 0 bridgehead atoms. The van der Waals surface area contributed by atoms with E-state index in [1.165, 1.54) is 5.56 Å². The Kier molecular flexibility index (Phi) is 6.24. The van der Waals surface area contributed by atoms with E-state index in [4.69, 9.17) is 4.74 Å². The summed E-state index contributed by atoms with van der Waals surface area (Å²) in [7, 11) is 0. The highest BCUT2D eigenvalue weighted by Gasteiger charge is 2.24. The maximum Gasteiger partial charge on any atom is 0.124 e. The van der Waals surface area contributed by atoms with E-state index in [0.717, 1.165) is 43.9 Å². The first-order valence-corrected chi connectivity index (χ1v) is 8.70. The average molecular weight is 326 g/mol. The molecule has 1 saturated heterocycles. The number of nitrogens with zero attached hydrogens (tertiary/aromatic N) is 1. The first kappa shape index (κ1) is 17.0. The molecule has 3 rings (SSSR count). The molecule has 1 aliphatic heterocycles. The number of ether oxygens (including phenoxy) is 1. The van der Waals surface area contributed by atoms with Crippen molar-refractivity contribution >= 4 is 0 Å². The molecule has 0 radical (unpaired) electrons. The molecular formula is C20H26N2O2. The summed E-state index contributed by atoms with van der Waals surface area (Å²) >= 11 is 0. The molecule has 4 heteroatoms. The minimum Gasteiger partial charge on any atom is -0.489 e. The van der Waals surface area contributed by atoms with Crippen LogP contribution in [0.1, 0.15) is 23.6 Å². The number of hydrogen-bond donors (Lipinski definition) is 2. The van der Waals surface area contributed by atoms with Gasteiger partial charge < -0.3 is 15.2 Å². The maximum absolute atomic E-state index is 9.54. The lowest BCUT2D eigenvalue weighted by Crippen LogP contribution is -2.45. The molecule has 1 atom stereocenters. The van der Waals surface area contributed by atoms with Crippen LogP contribution in [0, 0.1) is 0 Å². The maximum atomic E-state index is 9.54. The number of benzene rings is 2. The molecule has 0 saturated carbocycles. The normalized spacial score (nSPS) is 16.7. The monoisotopic (exact) mass is 326 g/mol. The molecule has 4 nitrogen and oxygen atoms in total. The lowest BCUT2D eigenvalue weighted by Gasteiger charge is -2.35. The lowest BCUT2D eigenvalue weighted by atomic mass is 10.0. The summed E-state index contributed by atoms with van der Waals surface area (Å²) in [6, 6.07) is 18.6. The summed E-state index contributed by atoms with van der Waals surface area (Å²) in [5, 5.41) is 12.9. The molecule has 0 aromatic heterocycles. The van der Waals surface area contributed by atoms with E-state index in [-0.39, 0.29) is 12.6 Å². The van der Waals surface area contributed by atoms with Crippen LogP contribution in [-0.2, 0) is 6.61 Å². The number of para-hydroxylation sites is 1. The minimum atomic E-state index is 0.182. The smallest absolute Gasteiger partial charge is 0.124 e. The van der Waals surface area contributed by atoms with Crippen LogP contribution in [0.15, 0.2) is 54.6 Å². The minimum absolute atomic E-state index is 0.182. The Morgan fingerprint density at radius 3 is 2.46 bits per heavy atom. The van der Waals surface area contributed by atoms with Crippen molar-refractivity contribution in [1.82, 2.24) is 10.2 Å². The van der Waals surface area contributed by atoms with Gasteiger partial charge in [-0.2, -0.15) is 0 Å². The third-order valence-electron chi connectivity index (χ3n) is 4.51. The van der Waals surface area contributed by atoms with Crippen LogP contribution in [0.4, 0.5) is 0 Å². The first-order valence-electron chi connectivity index (χ1n) is 8.70. The van der Waals surface area contributed by atoms with Crippen LogP contribution in [0.3, 0.4) is 0 Å². The third kappa shape index (κ3) is 4.35. The highest BCUT2D eigenvalue weighted by molar-refractivity contribution is 5.36. The largest absolute Gasteiger partial charge is 0.489 e. The van der Waals surface area contributed by atoms with Gasteiger partial charge in [-0.25, -0.2) is 0 Å². The molecule has 24 heavy (non-hydrogen) atoms. The molecule has 0 aliphatic carbocycles. The van der Waals surface area contributed by atoms with Crippen molar-refractivity contribution in [2.45, 2.75) is 19.1 Å². The number of piperazine rings is 1. The Labute approximate surface area is 144 Å². The Hall–Kier alpha value is -1.88. The van der Waals surface area contributed by atoms with E-state index in [9.17, 15) is 5.11 Å². The van der Waals surface area contributed by atoms with Gasteiger partial charge >= 0.3 is 0 Å². The molecule has 2 N–H and O–H groups in total. The first-order chi connectivity index (χ1) is 11.9. The van der Waals surface area contributed by atoms with Crippen molar-refractivity contribution in [1.29, 1.82) is 0 Å². The zero-order valence-electron chi connectivity index (χ0n) is 14.0. The molecule has 0 unspecified atom stereocenters. The summed E-state index contributed by atoms with van der Waals surface area (Å²) in [4.78, 5) is 2.44. The standard InChI is InChI=1S/C20H26N2O2/c23-15-10-19(22-13-11-21-12-14-22)18-8-4-5-9-20(18)24-16-17-6-2-1-3-7-17/h1-9,19,21,23H,10-16H2/t19-/m0/s1. The van der Waals surface area contributed by atoms with Gasteiger partial charge in [-0.05, 0) is 18.1 Å². The Morgan fingerprint density at radius 1 is 1.00 bits per heavy atom. The molecule has 1 heterocycles. The second kappa shape index (κ2) is 8.83. The van der Waals surface area contributed by atoms with Gasteiger partial charge in [0, 0.05) is 44.4 Å². The predicted octanol–water partition coefficient (Wildman–Crippen LogP) is 2.59. The van der Waals surface area contributed by atoms with Crippen LogP contribution >= 0.6 is 0 Å². The van der Waals surface area contributed by atoms with Crippen molar-refractivity contribution in [3.05, 3.63) is 65.7 Å². The van der Waals surface area contributed by atoms with Gasteiger partial charge in [-0.15, -0.1) is 0 Å². The molecular weight excluding hydrogens is 300 g/mol. The van der Waals surface area contributed by atoms with Crippen LogP contribution in [0.25, 0.3) is 0 Å². The van der Waals surface area contributed by atoms with Gasteiger partial charge in [-0.3, -0.25) is 4.90 Å². The fourth-order valence-electron chi connectivity index (χ4n) is 3.27. The highest BCUT2D eigenvalue weighted by atomic mass is 16.5. The Balaban J connectivity index is 1.77. The van der Waals surface area contributed by atoms with Gasteiger partial charge in [0.15, 0.2) is 0 Å². The summed E-state index contributed by atoms with van der Waals surface area (Å²) in [5.74, 6) is 0.915. The number of rotatable bonds is 7. The SMILES string of the molecule is OCC[C@@H](c1ccccc1OCc1ccccc1)N1CCNCC1. The van der Waals surface area contributed by atoms with E-state index in [1.54, 1.807) is 0 Å². The Morgan fingerprint density at radius 2 is 1.71 bits per heavy atom. The molecule has 1 aliphatic rings. The van der Waals surface area contributed by atoms with E-state index in [0.29, 0.717) is 6.61 Å². The molecule has 2 aromatic rings. The van der Waals surface area contributed by atoms with Crippen molar-refractivity contribution in [3.63, 3.8) is 0 Å². The van der Waals surface area contributed by atoms with Gasteiger partial charge in [0.2, 0.25) is 0 Å². The topological polar surface area (TPSA) is 44.7 Å². The van der Waals surface area contributed by atoms with Gasteiger partial charge in [0.25, 0.3) is 0 Å². The fourth-order valence-corrected chi connectivity index (χ4v) is 3.27. The average Bonchev–Trinajstić information content (AvgIpc) is 2.66. The molecule has 1 fully saturated rings. The third-order valence-corrected chi connectivity index (χ3v) is 4.51. The van der Waals surface area contributed by atoms with E-state index < -0.39 is 0 Å². The summed E-state index contributed by atoms with van der Waals surface area (Å²) in [5.41, 5.74) is 2.33. The number of aliphatic hydroxyl groups excluding tert-OH is 1. The second-order valence-corrected chi connectivity index (χ2v) is 6.13. The van der Waals surface area contributed by atoms with Crippen molar-refractivity contribution in [2.24, 2.45) is 0 Å². The van der Waals surface area contributed by atoms with Crippen LogP contribution in [-0.4, -0.2) is 42.8 Å². The van der Waals surface area contributed by atoms with E-state index in [1.807, 2.05) is 30.3 Å². The fraction of sp³-hybridized carbons (Fsp3) is 0.400. The summed E-state index contributed by atoms with van der Waals surface area (Å²) in [6.07, 6.45) is 0.728. The van der Waals surface area contributed by atoms with E-state index >= 15 is 0 Å². The number of nitrogens with one attached hydrogen (secondary N) is 1. The highest BCUT2D eigenvalue weighted by Crippen LogP contribution is 2.32. The quantitative estimate of drug-likeness (QED) is 0.821. The zero-order valence-corrected chi connectivity index (χ0v) is 14.0. The number of hydrogen-bond acceptors (Lipinski definition) is 4. The molecule has 0 spiro atoms. The van der Waals surface area contributed by atoms with Gasteiger partial charge in [-0.1, -0.05) is 48.5 Å². The van der Waals surface area contributed by atoms with Crippen molar-refractivity contribution in [2.75, 3.05) is 32.8 Å². The zero-order chi connectivity index (χ0) is 16.6. The van der Waals surface area contributed by atoms with Crippen molar-refractivity contribution < 1.29 is 9.84 Å². The predicted molar refractivity (Wildman–Crippen MR) is 96.1 cm³/mol. The molecule has 2 aromatic carbocycles. The number of aliphatic hydroxyl groups is 1. The van der Waals surface area contributed by atoms with E-state index in [2.05, 4.69) is 34.5 Å². The lowest BCUT2D eigenvalue weighted by molar-refractivity contribution is 0.137. The summed E-state index contributed by atoms with van der Waals surface area (Å²) in [6.45, 7) is 4.73. The van der Waals surface area contributed by atoms with Crippen LogP contribution < -0.4 is 10.1 Å². The molecule has 0 amide bonds. The van der Waals surface area contributed by atoms with Crippen molar-refractivity contribution in [3.8, 4) is 5.75 Å². The molecule has 128 valence electrons.